The standard InChI is InChI=1S/C32H30Cl2N4O4/c1-19-16-23-6-5-7-27(31(23)37-20(19)2)42-18-24-25(33)13-14-26(30(24)34)38(4)29(40)17-36-28(39)15-10-21-8-11-22(12-9-21)32(41)35-3/h5-16H,17-18H2,1-4H3,(H,35,41)(H,36,39). The molecule has 1 heterocycles. The minimum atomic E-state index is -0.447. The monoisotopic (exact) mass is 604 g/mol. The normalized spacial score (nSPS) is 11.0. The molecule has 216 valence electrons. The van der Waals surface area contributed by atoms with Gasteiger partial charge in [0.15, 0.2) is 0 Å². The maximum absolute atomic E-state index is 12.9. The van der Waals surface area contributed by atoms with Crippen LogP contribution < -0.4 is 20.3 Å². The second kappa shape index (κ2) is 13.5. The van der Waals surface area contributed by atoms with Crippen molar-refractivity contribution in [2.75, 3.05) is 25.5 Å². The third-order valence-electron chi connectivity index (χ3n) is 6.77. The number of rotatable bonds is 9. The van der Waals surface area contributed by atoms with Crippen LogP contribution >= 0.6 is 23.2 Å². The van der Waals surface area contributed by atoms with Crippen LogP contribution in [0.1, 0.15) is 32.7 Å². The van der Waals surface area contributed by atoms with E-state index in [2.05, 4.69) is 21.7 Å². The van der Waals surface area contributed by atoms with Gasteiger partial charge in [-0.2, -0.15) is 0 Å². The molecule has 0 fully saturated rings. The lowest BCUT2D eigenvalue weighted by atomic mass is 10.1. The van der Waals surface area contributed by atoms with E-state index in [1.165, 1.54) is 11.0 Å². The molecule has 2 N–H and O–H groups in total. The molecule has 8 nitrogen and oxygen atoms in total. The van der Waals surface area contributed by atoms with Gasteiger partial charge in [0, 0.05) is 47.4 Å². The SMILES string of the molecule is CNC(=O)c1ccc(C=CC(=O)NCC(=O)N(C)c2ccc(Cl)c(COc3cccc4cc(C)c(C)nc34)c2Cl)cc1. The third kappa shape index (κ3) is 7.08. The predicted octanol–water partition coefficient (Wildman–Crippen LogP) is 5.89. The first-order valence-corrected chi connectivity index (χ1v) is 13.9. The van der Waals surface area contributed by atoms with Gasteiger partial charge in [0.05, 0.1) is 17.3 Å². The summed E-state index contributed by atoms with van der Waals surface area (Å²) < 4.78 is 6.10. The summed E-state index contributed by atoms with van der Waals surface area (Å²) in [4.78, 5) is 42.9. The lowest BCUT2D eigenvalue weighted by molar-refractivity contribution is -0.122. The van der Waals surface area contributed by atoms with Gasteiger partial charge in [0.2, 0.25) is 11.8 Å². The zero-order valence-electron chi connectivity index (χ0n) is 23.6. The summed E-state index contributed by atoms with van der Waals surface area (Å²) in [6.07, 6.45) is 2.91. The minimum Gasteiger partial charge on any atom is -0.487 e. The van der Waals surface area contributed by atoms with Crippen molar-refractivity contribution in [1.29, 1.82) is 0 Å². The van der Waals surface area contributed by atoms with Crippen molar-refractivity contribution in [2.24, 2.45) is 0 Å². The van der Waals surface area contributed by atoms with E-state index in [0.29, 0.717) is 27.6 Å². The summed E-state index contributed by atoms with van der Waals surface area (Å²) in [5, 5.41) is 6.75. The Morgan fingerprint density at radius 3 is 2.48 bits per heavy atom. The number of carbonyl (C=O) groups excluding carboxylic acids is 3. The molecule has 0 atom stereocenters. The largest absolute Gasteiger partial charge is 0.487 e. The molecule has 0 saturated heterocycles. The molecule has 4 aromatic rings. The molecule has 0 spiro atoms. The van der Waals surface area contributed by atoms with Crippen LogP contribution in [0.25, 0.3) is 17.0 Å². The first-order chi connectivity index (χ1) is 20.1. The van der Waals surface area contributed by atoms with Crippen LogP contribution in [0.15, 0.2) is 66.7 Å². The van der Waals surface area contributed by atoms with Crippen molar-refractivity contribution in [2.45, 2.75) is 20.5 Å². The smallest absolute Gasteiger partial charge is 0.251 e. The van der Waals surface area contributed by atoms with E-state index < -0.39 is 5.91 Å². The van der Waals surface area contributed by atoms with Gasteiger partial charge in [0.25, 0.3) is 5.91 Å². The fourth-order valence-electron chi connectivity index (χ4n) is 4.15. The Balaban J connectivity index is 1.40. The van der Waals surface area contributed by atoms with Gasteiger partial charge in [-0.05, 0) is 67.4 Å². The molecular weight excluding hydrogens is 575 g/mol. The second-order valence-electron chi connectivity index (χ2n) is 9.57. The van der Waals surface area contributed by atoms with Crippen molar-refractivity contribution in [3.63, 3.8) is 0 Å². The Morgan fingerprint density at radius 1 is 1.02 bits per heavy atom. The Bertz CT molecular complexity index is 1690. The highest BCUT2D eigenvalue weighted by molar-refractivity contribution is 6.38. The summed E-state index contributed by atoms with van der Waals surface area (Å²) in [7, 11) is 3.12. The number of likely N-dealkylation sites (N-methyl/N-ethyl adjacent to an activating group) is 1. The number of hydrogen-bond donors (Lipinski definition) is 2. The van der Waals surface area contributed by atoms with Gasteiger partial charge in [-0.25, -0.2) is 4.98 Å². The number of aromatic nitrogens is 1. The third-order valence-corrected chi connectivity index (χ3v) is 7.54. The zero-order valence-corrected chi connectivity index (χ0v) is 25.1. The number of pyridine rings is 1. The quantitative estimate of drug-likeness (QED) is 0.232. The zero-order chi connectivity index (χ0) is 30.4. The molecular formula is C32H30Cl2N4O4. The number of amides is 3. The average Bonchev–Trinajstić information content (AvgIpc) is 2.99. The van der Waals surface area contributed by atoms with Crippen LogP contribution in [0.5, 0.6) is 5.75 Å². The molecule has 3 amide bonds. The van der Waals surface area contributed by atoms with Crippen molar-refractivity contribution in [3.05, 3.63) is 105 Å². The minimum absolute atomic E-state index is 0.0624. The number of aryl methyl sites for hydroxylation is 2. The molecule has 1 aromatic heterocycles. The lowest BCUT2D eigenvalue weighted by Crippen LogP contribution is -2.37. The van der Waals surface area contributed by atoms with Crippen molar-refractivity contribution < 1.29 is 19.1 Å². The van der Waals surface area contributed by atoms with E-state index in [0.717, 1.165) is 27.7 Å². The fraction of sp³-hybridized carbons (Fsp3) is 0.188. The summed E-state index contributed by atoms with van der Waals surface area (Å²) in [5.74, 6) is -0.432. The van der Waals surface area contributed by atoms with Crippen LogP contribution in [0, 0.1) is 13.8 Å². The number of fused-ring (bicyclic) bond motifs is 1. The van der Waals surface area contributed by atoms with E-state index >= 15 is 0 Å². The first-order valence-electron chi connectivity index (χ1n) is 13.1. The van der Waals surface area contributed by atoms with Gasteiger partial charge >= 0.3 is 0 Å². The number of ether oxygens (including phenoxy) is 1. The van der Waals surface area contributed by atoms with Crippen LogP contribution in [0.4, 0.5) is 5.69 Å². The lowest BCUT2D eigenvalue weighted by Gasteiger charge is -2.21. The van der Waals surface area contributed by atoms with Crippen LogP contribution in [-0.2, 0) is 16.2 Å². The van der Waals surface area contributed by atoms with Gasteiger partial charge < -0.3 is 20.3 Å². The number of carbonyl (C=O) groups is 3. The van der Waals surface area contributed by atoms with Crippen molar-refractivity contribution in [3.8, 4) is 5.75 Å². The highest BCUT2D eigenvalue weighted by Crippen LogP contribution is 2.35. The molecule has 0 aliphatic rings. The van der Waals surface area contributed by atoms with E-state index in [1.54, 1.807) is 56.6 Å². The molecule has 0 saturated carbocycles. The molecule has 0 radical (unpaired) electrons. The number of nitrogens with zero attached hydrogens (tertiary/aromatic N) is 2. The van der Waals surface area contributed by atoms with E-state index in [1.807, 2.05) is 32.0 Å². The summed E-state index contributed by atoms with van der Waals surface area (Å²) in [5.41, 5.74) is 4.93. The first kappa shape index (κ1) is 30.6. The van der Waals surface area contributed by atoms with Crippen LogP contribution in [0.2, 0.25) is 10.0 Å². The number of halogens is 2. The molecule has 42 heavy (non-hydrogen) atoms. The second-order valence-corrected chi connectivity index (χ2v) is 10.4. The van der Waals surface area contributed by atoms with E-state index in [-0.39, 0.29) is 30.0 Å². The van der Waals surface area contributed by atoms with Crippen molar-refractivity contribution in [1.82, 2.24) is 15.6 Å². The number of hydrogen-bond acceptors (Lipinski definition) is 5. The number of anilines is 1. The molecule has 0 unspecified atom stereocenters. The summed E-state index contributed by atoms with van der Waals surface area (Å²) >= 11 is 13.2. The molecule has 10 heteroatoms. The molecule has 3 aromatic carbocycles. The Morgan fingerprint density at radius 2 is 1.76 bits per heavy atom. The molecule has 4 rings (SSSR count). The highest BCUT2D eigenvalue weighted by Gasteiger charge is 2.19. The molecule has 0 aliphatic heterocycles. The highest BCUT2D eigenvalue weighted by atomic mass is 35.5. The molecule has 0 bridgehead atoms. The maximum atomic E-state index is 12.9. The average molecular weight is 606 g/mol. The Kier molecular flexibility index (Phi) is 9.83. The van der Waals surface area contributed by atoms with Gasteiger partial charge in [0.1, 0.15) is 17.9 Å². The number of para-hydroxylation sites is 1. The van der Waals surface area contributed by atoms with Crippen molar-refractivity contribution >= 4 is 63.6 Å². The van der Waals surface area contributed by atoms with E-state index in [9.17, 15) is 14.4 Å². The van der Waals surface area contributed by atoms with Crippen LogP contribution in [-0.4, -0.2) is 43.3 Å². The number of benzene rings is 3. The van der Waals surface area contributed by atoms with Crippen LogP contribution in [0.3, 0.4) is 0 Å². The Labute approximate surface area is 254 Å². The summed E-state index contributed by atoms with van der Waals surface area (Å²) in [6.45, 7) is 3.77. The van der Waals surface area contributed by atoms with Gasteiger partial charge in [-0.1, -0.05) is 47.5 Å². The topological polar surface area (TPSA) is 101 Å². The van der Waals surface area contributed by atoms with Gasteiger partial charge in [-0.3, -0.25) is 14.4 Å². The Hall–Kier alpha value is -4.40. The molecule has 0 aliphatic carbocycles. The van der Waals surface area contributed by atoms with Gasteiger partial charge in [-0.15, -0.1) is 0 Å². The van der Waals surface area contributed by atoms with E-state index in [4.69, 9.17) is 27.9 Å². The maximum Gasteiger partial charge on any atom is 0.251 e. The predicted molar refractivity (Wildman–Crippen MR) is 167 cm³/mol. The number of nitrogens with one attached hydrogen (secondary N) is 2. The summed E-state index contributed by atoms with van der Waals surface area (Å²) in [6, 6.07) is 17.8. The fourth-order valence-corrected chi connectivity index (χ4v) is 4.75.